The third-order valence-electron chi connectivity index (χ3n) is 6.34. The molecule has 1 fully saturated rings. The molecule has 0 aliphatic heterocycles. The minimum Gasteiger partial charge on any atom is -0.489 e. The summed E-state index contributed by atoms with van der Waals surface area (Å²) in [5.41, 5.74) is 1.28. The summed E-state index contributed by atoms with van der Waals surface area (Å²) >= 11 is 12.6. The molecule has 3 aromatic rings. The van der Waals surface area contributed by atoms with Crippen LogP contribution in [0.3, 0.4) is 0 Å². The molecule has 0 bridgehead atoms. The Hall–Kier alpha value is -3.68. The average Bonchev–Trinajstić information content (AvgIpc) is 3.77. The SMILES string of the molecule is CS(=O)(=O)Nc1ccccc1CC(=O)OCC(=O)O[C@@H](Cc1c(Cl)cncc1Cl)c1ccc(OC(F)F)c(OCC2CC2)c1. The fourth-order valence-electron chi connectivity index (χ4n) is 4.08. The van der Waals surface area contributed by atoms with E-state index < -0.39 is 41.3 Å². The van der Waals surface area contributed by atoms with E-state index in [0.29, 0.717) is 29.2 Å². The summed E-state index contributed by atoms with van der Waals surface area (Å²) in [6.07, 6.45) is 4.19. The number of esters is 2. The molecule has 0 saturated heterocycles. The first-order valence-corrected chi connectivity index (χ1v) is 15.9. The molecular weight excluding hydrogens is 645 g/mol. The van der Waals surface area contributed by atoms with Gasteiger partial charge in [0.1, 0.15) is 6.10 Å². The van der Waals surface area contributed by atoms with Crippen molar-refractivity contribution in [3.8, 4) is 11.5 Å². The lowest BCUT2D eigenvalue weighted by molar-refractivity contribution is -0.162. The Balaban J connectivity index is 1.50. The number of anilines is 1. The Kier molecular flexibility index (Phi) is 11.2. The molecule has 0 amide bonds. The number of aromatic nitrogens is 1. The van der Waals surface area contributed by atoms with Gasteiger partial charge in [0.15, 0.2) is 18.1 Å². The summed E-state index contributed by atoms with van der Waals surface area (Å²) in [7, 11) is -3.60. The number of pyridine rings is 1. The van der Waals surface area contributed by atoms with Gasteiger partial charge in [0.25, 0.3) is 0 Å². The molecule has 4 rings (SSSR count). The highest BCUT2D eigenvalue weighted by atomic mass is 35.5. The Morgan fingerprint density at radius 3 is 2.41 bits per heavy atom. The van der Waals surface area contributed by atoms with E-state index in [1.54, 1.807) is 12.1 Å². The number of hydrogen-bond acceptors (Lipinski definition) is 9. The number of nitrogens with zero attached hydrogens (tertiary/aromatic N) is 1. The van der Waals surface area contributed by atoms with Crippen LogP contribution in [0.2, 0.25) is 10.0 Å². The van der Waals surface area contributed by atoms with Crippen LogP contribution in [-0.2, 0) is 41.9 Å². The summed E-state index contributed by atoms with van der Waals surface area (Å²) in [4.78, 5) is 29.3. The first-order chi connectivity index (χ1) is 20.9. The molecule has 236 valence electrons. The molecule has 1 aromatic heterocycles. The highest BCUT2D eigenvalue weighted by molar-refractivity contribution is 7.92. The molecule has 0 spiro atoms. The van der Waals surface area contributed by atoms with Gasteiger partial charge in [-0.1, -0.05) is 47.5 Å². The summed E-state index contributed by atoms with van der Waals surface area (Å²) in [5, 5.41) is 0.406. The Morgan fingerprint density at radius 2 is 1.75 bits per heavy atom. The topological polar surface area (TPSA) is 130 Å². The van der Waals surface area contributed by atoms with E-state index in [-0.39, 0.29) is 40.1 Å². The number of ether oxygens (including phenoxy) is 4. The molecule has 2 aromatic carbocycles. The summed E-state index contributed by atoms with van der Waals surface area (Å²) in [6.45, 7) is -3.56. The number of sulfonamides is 1. The highest BCUT2D eigenvalue weighted by Crippen LogP contribution is 2.38. The van der Waals surface area contributed by atoms with Crippen molar-refractivity contribution >= 4 is 50.9 Å². The minimum atomic E-state index is -3.60. The first kappa shape index (κ1) is 33.2. The zero-order valence-corrected chi connectivity index (χ0v) is 25.6. The predicted octanol–water partition coefficient (Wildman–Crippen LogP) is 5.76. The van der Waals surface area contributed by atoms with Gasteiger partial charge in [-0.2, -0.15) is 8.78 Å². The molecule has 15 heteroatoms. The summed E-state index contributed by atoms with van der Waals surface area (Å²) in [6, 6.07) is 10.4. The molecule has 1 atom stereocenters. The largest absolute Gasteiger partial charge is 0.489 e. The second-order valence-corrected chi connectivity index (χ2v) is 12.5. The monoisotopic (exact) mass is 672 g/mol. The van der Waals surface area contributed by atoms with Crippen LogP contribution in [0.1, 0.15) is 35.6 Å². The lowest BCUT2D eigenvalue weighted by Crippen LogP contribution is -2.21. The molecule has 1 aliphatic rings. The smallest absolute Gasteiger partial charge is 0.387 e. The lowest BCUT2D eigenvalue weighted by atomic mass is 10.0. The summed E-state index contributed by atoms with van der Waals surface area (Å²) < 4.78 is 72.8. The molecule has 1 heterocycles. The zero-order chi connectivity index (χ0) is 31.9. The number of benzene rings is 2. The van der Waals surface area contributed by atoms with E-state index in [2.05, 4.69) is 14.4 Å². The summed E-state index contributed by atoms with van der Waals surface area (Å²) in [5.74, 6) is -1.58. The van der Waals surface area contributed by atoms with Crippen molar-refractivity contribution in [2.24, 2.45) is 5.92 Å². The van der Waals surface area contributed by atoms with E-state index in [1.165, 1.54) is 42.7 Å². The van der Waals surface area contributed by atoms with Gasteiger partial charge >= 0.3 is 18.6 Å². The number of carbonyl (C=O) groups excluding carboxylic acids is 2. The number of nitrogens with one attached hydrogen (secondary N) is 1. The quantitative estimate of drug-likeness (QED) is 0.200. The molecule has 0 radical (unpaired) electrons. The fourth-order valence-corrected chi connectivity index (χ4v) is 5.20. The van der Waals surface area contributed by atoms with Gasteiger partial charge in [-0.3, -0.25) is 14.5 Å². The predicted molar refractivity (Wildman–Crippen MR) is 158 cm³/mol. The van der Waals surface area contributed by atoms with Gasteiger partial charge < -0.3 is 18.9 Å². The van der Waals surface area contributed by atoms with Crippen LogP contribution < -0.4 is 14.2 Å². The van der Waals surface area contributed by atoms with Gasteiger partial charge in [-0.05, 0) is 53.6 Å². The molecular formula is C29H28Cl2F2N2O8S. The van der Waals surface area contributed by atoms with E-state index in [0.717, 1.165) is 19.1 Å². The maximum Gasteiger partial charge on any atom is 0.387 e. The Morgan fingerprint density at radius 1 is 1.05 bits per heavy atom. The van der Waals surface area contributed by atoms with Crippen LogP contribution in [0, 0.1) is 5.92 Å². The number of hydrogen-bond donors (Lipinski definition) is 1. The van der Waals surface area contributed by atoms with Crippen LogP contribution in [-0.4, -0.2) is 51.4 Å². The van der Waals surface area contributed by atoms with E-state index in [4.69, 9.17) is 37.4 Å². The third kappa shape index (κ3) is 10.2. The molecule has 44 heavy (non-hydrogen) atoms. The number of rotatable bonds is 15. The average molecular weight is 674 g/mol. The van der Waals surface area contributed by atoms with E-state index >= 15 is 0 Å². The number of carbonyl (C=O) groups is 2. The second kappa shape index (κ2) is 14.9. The maximum absolute atomic E-state index is 13.0. The normalized spacial score (nSPS) is 13.7. The van der Waals surface area contributed by atoms with Gasteiger partial charge in [0.05, 0.1) is 35.0 Å². The van der Waals surface area contributed by atoms with Crippen LogP contribution in [0.25, 0.3) is 0 Å². The van der Waals surface area contributed by atoms with Gasteiger partial charge in [0.2, 0.25) is 10.0 Å². The Labute approximate surface area is 262 Å². The van der Waals surface area contributed by atoms with Crippen molar-refractivity contribution in [2.45, 2.75) is 38.4 Å². The van der Waals surface area contributed by atoms with Crippen LogP contribution in [0.4, 0.5) is 14.5 Å². The Bertz CT molecular complexity index is 1590. The fraction of sp³-hybridized carbons (Fsp3) is 0.345. The minimum absolute atomic E-state index is 0.0375. The maximum atomic E-state index is 13.0. The number of alkyl halides is 2. The molecule has 1 saturated carbocycles. The van der Waals surface area contributed by atoms with Crippen molar-refractivity contribution < 1.29 is 45.7 Å². The van der Waals surface area contributed by atoms with Crippen LogP contribution >= 0.6 is 23.2 Å². The molecule has 10 nitrogen and oxygen atoms in total. The number of halogens is 4. The zero-order valence-electron chi connectivity index (χ0n) is 23.3. The van der Waals surface area contributed by atoms with Gasteiger partial charge in [0, 0.05) is 18.8 Å². The van der Waals surface area contributed by atoms with Crippen molar-refractivity contribution in [3.05, 3.63) is 81.6 Å². The number of para-hydroxylation sites is 1. The molecule has 1 N–H and O–H groups in total. The first-order valence-electron chi connectivity index (χ1n) is 13.3. The highest BCUT2D eigenvalue weighted by Gasteiger charge is 2.26. The second-order valence-electron chi connectivity index (χ2n) is 9.97. The third-order valence-corrected chi connectivity index (χ3v) is 7.58. The van der Waals surface area contributed by atoms with E-state index in [1.807, 2.05) is 0 Å². The molecule has 1 aliphatic carbocycles. The van der Waals surface area contributed by atoms with E-state index in [9.17, 15) is 26.8 Å². The van der Waals surface area contributed by atoms with Crippen molar-refractivity contribution in [2.75, 3.05) is 24.2 Å². The van der Waals surface area contributed by atoms with Crippen molar-refractivity contribution in [1.82, 2.24) is 4.98 Å². The van der Waals surface area contributed by atoms with Crippen molar-refractivity contribution in [3.63, 3.8) is 0 Å². The standard InChI is InChI=1S/C29H28Cl2F2N2O8S/c1-44(38,39)35-23-5-3-2-4-18(23)11-27(36)41-16-28(37)42-25(12-20-21(30)13-34-14-22(20)31)19-8-9-24(43-29(32)33)26(10-19)40-15-17-6-7-17/h2-5,8-10,13-14,17,25,29,35H,6-7,11-12,15-16H2,1H3/t25-/m0/s1. The van der Waals surface area contributed by atoms with Gasteiger partial charge in [-0.15, -0.1) is 0 Å². The van der Waals surface area contributed by atoms with Crippen LogP contribution in [0.15, 0.2) is 54.9 Å². The lowest BCUT2D eigenvalue weighted by Gasteiger charge is -2.21. The van der Waals surface area contributed by atoms with Crippen molar-refractivity contribution in [1.29, 1.82) is 0 Å². The van der Waals surface area contributed by atoms with Gasteiger partial charge in [-0.25, -0.2) is 13.2 Å². The van der Waals surface area contributed by atoms with Crippen LogP contribution in [0.5, 0.6) is 11.5 Å². The molecule has 0 unspecified atom stereocenters.